The average molecular weight is 379 g/mol. The Bertz CT molecular complexity index is 835. The molecule has 1 amide bonds. The van der Waals surface area contributed by atoms with Gasteiger partial charge in [-0.2, -0.15) is 0 Å². The highest BCUT2D eigenvalue weighted by molar-refractivity contribution is 7.91. The molecule has 0 aliphatic carbocycles. The molecular formula is C18H22N2O3S2. The summed E-state index contributed by atoms with van der Waals surface area (Å²) in [6, 6.07) is 11.0. The van der Waals surface area contributed by atoms with Crippen molar-refractivity contribution in [3.63, 3.8) is 0 Å². The lowest BCUT2D eigenvalue weighted by Gasteiger charge is -2.14. The molecule has 0 unspecified atom stereocenters. The first-order valence-corrected chi connectivity index (χ1v) is 10.7. The number of likely N-dealkylation sites (tertiary alicyclic amines) is 1. The van der Waals surface area contributed by atoms with Crippen molar-refractivity contribution in [2.45, 2.75) is 36.9 Å². The van der Waals surface area contributed by atoms with Gasteiger partial charge in [0.2, 0.25) is 15.9 Å². The number of amides is 1. The summed E-state index contributed by atoms with van der Waals surface area (Å²) in [5, 5.41) is 0. The van der Waals surface area contributed by atoms with Crippen LogP contribution in [0.4, 0.5) is 0 Å². The van der Waals surface area contributed by atoms with E-state index in [1.54, 1.807) is 12.1 Å². The highest BCUT2D eigenvalue weighted by atomic mass is 32.2. The number of nitrogens with one attached hydrogen (secondary N) is 1. The minimum Gasteiger partial charge on any atom is -0.342 e. The Morgan fingerprint density at radius 2 is 1.80 bits per heavy atom. The van der Waals surface area contributed by atoms with Crippen LogP contribution in [0.2, 0.25) is 0 Å². The van der Waals surface area contributed by atoms with Crippen molar-refractivity contribution in [1.82, 2.24) is 9.62 Å². The van der Waals surface area contributed by atoms with Gasteiger partial charge in [0.1, 0.15) is 4.21 Å². The third-order valence-electron chi connectivity index (χ3n) is 4.27. The number of thiophene rings is 1. The van der Waals surface area contributed by atoms with Gasteiger partial charge in [-0.25, -0.2) is 13.1 Å². The molecule has 134 valence electrons. The van der Waals surface area contributed by atoms with Crippen LogP contribution in [0.1, 0.15) is 28.8 Å². The van der Waals surface area contributed by atoms with E-state index in [0.717, 1.165) is 41.9 Å². The lowest BCUT2D eigenvalue weighted by atomic mass is 10.2. The van der Waals surface area contributed by atoms with Crippen LogP contribution in [0.5, 0.6) is 0 Å². The first-order chi connectivity index (χ1) is 11.9. The number of rotatable bonds is 6. The molecule has 1 fully saturated rings. The van der Waals surface area contributed by atoms with Crippen molar-refractivity contribution in [3.05, 3.63) is 52.4 Å². The number of carbonyl (C=O) groups is 1. The minimum absolute atomic E-state index is 0.0795. The van der Waals surface area contributed by atoms with Crippen molar-refractivity contribution < 1.29 is 13.2 Å². The highest BCUT2D eigenvalue weighted by Crippen LogP contribution is 2.23. The Labute approximate surface area is 152 Å². The van der Waals surface area contributed by atoms with Crippen molar-refractivity contribution in [2.24, 2.45) is 0 Å². The van der Waals surface area contributed by atoms with Gasteiger partial charge in [-0.1, -0.05) is 29.8 Å². The second-order valence-corrected chi connectivity index (χ2v) is 9.46. The minimum atomic E-state index is -3.56. The van der Waals surface area contributed by atoms with Gasteiger partial charge < -0.3 is 4.90 Å². The molecule has 0 saturated carbocycles. The Morgan fingerprint density at radius 3 is 2.48 bits per heavy atom. The molecular weight excluding hydrogens is 356 g/mol. The third-order valence-corrected chi connectivity index (χ3v) is 7.25. The molecule has 2 aromatic rings. The number of nitrogens with zero attached hydrogens (tertiary/aromatic N) is 1. The van der Waals surface area contributed by atoms with Crippen LogP contribution in [0, 0.1) is 6.92 Å². The Morgan fingerprint density at radius 1 is 1.12 bits per heavy atom. The maximum atomic E-state index is 12.4. The monoisotopic (exact) mass is 378 g/mol. The molecule has 7 heteroatoms. The van der Waals surface area contributed by atoms with Crippen LogP contribution in [-0.2, 0) is 27.8 Å². The summed E-state index contributed by atoms with van der Waals surface area (Å²) in [4.78, 5) is 14.8. The summed E-state index contributed by atoms with van der Waals surface area (Å²) in [5.74, 6) is 0.0795. The number of carbonyl (C=O) groups excluding carboxylic acids is 1. The number of sulfonamides is 1. The molecule has 1 saturated heterocycles. The zero-order chi connectivity index (χ0) is 17.9. The van der Waals surface area contributed by atoms with Gasteiger partial charge in [-0.05, 0) is 37.5 Å². The van der Waals surface area contributed by atoms with E-state index >= 15 is 0 Å². The first kappa shape index (κ1) is 18.1. The van der Waals surface area contributed by atoms with Gasteiger partial charge in [0.05, 0.1) is 6.42 Å². The van der Waals surface area contributed by atoms with Crippen LogP contribution in [0.15, 0.2) is 40.6 Å². The van der Waals surface area contributed by atoms with E-state index in [1.807, 2.05) is 36.1 Å². The summed E-state index contributed by atoms with van der Waals surface area (Å²) in [7, 11) is -3.56. The molecule has 0 radical (unpaired) electrons. The number of benzene rings is 1. The van der Waals surface area contributed by atoms with Crippen molar-refractivity contribution in [3.8, 4) is 0 Å². The van der Waals surface area contributed by atoms with E-state index in [1.165, 1.54) is 11.3 Å². The Balaban J connectivity index is 1.61. The average Bonchev–Trinajstić information content (AvgIpc) is 3.26. The van der Waals surface area contributed by atoms with Crippen molar-refractivity contribution in [2.75, 3.05) is 13.1 Å². The maximum Gasteiger partial charge on any atom is 0.250 e. The van der Waals surface area contributed by atoms with Crippen LogP contribution in [-0.4, -0.2) is 32.3 Å². The molecule has 1 aromatic heterocycles. The van der Waals surface area contributed by atoms with Gasteiger partial charge in [0.25, 0.3) is 0 Å². The summed E-state index contributed by atoms with van der Waals surface area (Å²) >= 11 is 1.17. The molecule has 0 spiro atoms. The van der Waals surface area contributed by atoms with E-state index in [4.69, 9.17) is 0 Å². The largest absolute Gasteiger partial charge is 0.342 e. The maximum absolute atomic E-state index is 12.4. The molecule has 2 heterocycles. The zero-order valence-corrected chi connectivity index (χ0v) is 15.8. The summed E-state index contributed by atoms with van der Waals surface area (Å²) < 4.78 is 27.7. The van der Waals surface area contributed by atoms with Crippen molar-refractivity contribution in [1.29, 1.82) is 0 Å². The van der Waals surface area contributed by atoms with Crippen LogP contribution >= 0.6 is 11.3 Å². The lowest BCUT2D eigenvalue weighted by molar-refractivity contribution is -0.129. The zero-order valence-electron chi connectivity index (χ0n) is 14.2. The van der Waals surface area contributed by atoms with Gasteiger partial charge in [0.15, 0.2) is 0 Å². The topological polar surface area (TPSA) is 66.5 Å². The lowest BCUT2D eigenvalue weighted by Crippen LogP contribution is -2.28. The molecule has 25 heavy (non-hydrogen) atoms. The number of hydrogen-bond donors (Lipinski definition) is 1. The summed E-state index contributed by atoms with van der Waals surface area (Å²) in [6.07, 6.45) is 2.38. The first-order valence-electron chi connectivity index (χ1n) is 8.36. The molecule has 0 bridgehead atoms. The normalized spacial score (nSPS) is 14.8. The number of hydrogen-bond acceptors (Lipinski definition) is 4. The van der Waals surface area contributed by atoms with Crippen LogP contribution in [0.3, 0.4) is 0 Å². The van der Waals surface area contributed by atoms with Crippen molar-refractivity contribution >= 4 is 27.3 Å². The standard InChI is InChI=1S/C18H22N2O3S2/c1-14-4-6-15(7-5-14)13-19-25(22,23)18-9-8-16(24-18)12-17(21)20-10-2-3-11-20/h4-9,19H,2-3,10-13H2,1H3. The fourth-order valence-corrected chi connectivity index (χ4v) is 5.19. The summed E-state index contributed by atoms with van der Waals surface area (Å²) in [6.45, 7) is 3.87. The van der Waals surface area contributed by atoms with E-state index in [0.29, 0.717) is 0 Å². The highest BCUT2D eigenvalue weighted by Gasteiger charge is 2.21. The van der Waals surface area contributed by atoms with E-state index < -0.39 is 10.0 Å². The molecule has 0 atom stereocenters. The molecule has 1 aliphatic rings. The fourth-order valence-electron chi connectivity index (χ4n) is 2.78. The smallest absolute Gasteiger partial charge is 0.250 e. The predicted molar refractivity (Wildman–Crippen MR) is 99.0 cm³/mol. The molecule has 1 aliphatic heterocycles. The summed E-state index contributed by atoms with van der Waals surface area (Å²) in [5.41, 5.74) is 2.05. The second kappa shape index (κ2) is 7.68. The number of aryl methyl sites for hydroxylation is 1. The SMILES string of the molecule is Cc1ccc(CNS(=O)(=O)c2ccc(CC(=O)N3CCCC3)s2)cc1. The van der Waals surface area contributed by atoms with E-state index in [-0.39, 0.29) is 23.1 Å². The molecule has 3 rings (SSSR count). The van der Waals surface area contributed by atoms with Crippen LogP contribution < -0.4 is 4.72 Å². The van der Waals surface area contributed by atoms with E-state index in [9.17, 15) is 13.2 Å². The Kier molecular flexibility index (Phi) is 5.56. The Hall–Kier alpha value is -1.70. The quantitative estimate of drug-likeness (QED) is 0.840. The molecule has 1 aromatic carbocycles. The fraction of sp³-hybridized carbons (Fsp3) is 0.389. The second-order valence-electron chi connectivity index (χ2n) is 6.30. The van der Waals surface area contributed by atoms with Gasteiger partial charge in [0, 0.05) is 24.5 Å². The van der Waals surface area contributed by atoms with Gasteiger partial charge in [-0.15, -0.1) is 11.3 Å². The van der Waals surface area contributed by atoms with E-state index in [2.05, 4.69) is 4.72 Å². The van der Waals surface area contributed by atoms with Gasteiger partial charge in [-0.3, -0.25) is 4.79 Å². The molecule has 5 nitrogen and oxygen atoms in total. The predicted octanol–water partition coefficient (Wildman–Crippen LogP) is 2.70. The van der Waals surface area contributed by atoms with Crippen LogP contribution in [0.25, 0.3) is 0 Å². The molecule has 1 N–H and O–H groups in total. The third kappa shape index (κ3) is 4.68. The van der Waals surface area contributed by atoms with Gasteiger partial charge >= 0.3 is 0 Å².